The first kappa shape index (κ1) is 34.8. The van der Waals surface area contributed by atoms with Crippen LogP contribution in [0.15, 0.2) is 176 Å². The zero-order valence-electron chi connectivity index (χ0n) is 34.0. The summed E-state index contributed by atoms with van der Waals surface area (Å²) in [5.41, 5.74) is 19.5. The molecule has 0 unspecified atom stereocenters. The van der Waals surface area contributed by atoms with E-state index in [9.17, 15) is 0 Å². The maximum Gasteiger partial charge on any atom is 0.0726 e. The van der Waals surface area contributed by atoms with Crippen molar-refractivity contribution in [2.75, 3.05) is 4.90 Å². The van der Waals surface area contributed by atoms with Gasteiger partial charge in [-0.25, -0.2) is 0 Å². The van der Waals surface area contributed by atoms with E-state index in [0.29, 0.717) is 0 Å². The van der Waals surface area contributed by atoms with E-state index in [1.54, 1.807) is 0 Å². The number of fused-ring (bicyclic) bond motifs is 14. The lowest BCUT2D eigenvalue weighted by Gasteiger charge is -2.43. The van der Waals surface area contributed by atoms with Gasteiger partial charge in [0.25, 0.3) is 0 Å². The highest BCUT2D eigenvalue weighted by Gasteiger charge is 2.52. The van der Waals surface area contributed by atoms with Crippen LogP contribution in [-0.4, -0.2) is 0 Å². The fourth-order valence-electron chi connectivity index (χ4n) is 11.4. The molecule has 0 radical (unpaired) electrons. The molecule has 0 saturated carbocycles. The molecule has 12 rings (SSSR count). The van der Waals surface area contributed by atoms with E-state index in [1.165, 1.54) is 105 Å². The van der Waals surface area contributed by atoms with Crippen molar-refractivity contribution in [1.82, 2.24) is 0 Å². The van der Waals surface area contributed by atoms with Crippen molar-refractivity contribution in [3.8, 4) is 33.4 Å². The Morgan fingerprint density at radius 1 is 0.407 bits per heavy atom. The average molecular weight is 776 g/mol. The summed E-state index contributed by atoms with van der Waals surface area (Å²) >= 11 is 1.90. The van der Waals surface area contributed by atoms with Crippen molar-refractivity contribution in [2.45, 2.75) is 56.8 Å². The first-order valence-electron chi connectivity index (χ1n) is 21.1. The molecule has 284 valence electrons. The van der Waals surface area contributed by atoms with Crippen LogP contribution in [0, 0.1) is 0 Å². The van der Waals surface area contributed by atoms with Crippen LogP contribution < -0.4 is 4.90 Å². The quantitative estimate of drug-likeness (QED) is 0.172. The minimum atomic E-state index is -0.463. The minimum absolute atomic E-state index is 0.00323. The van der Waals surface area contributed by atoms with Crippen LogP contribution >= 0.6 is 11.3 Å². The largest absolute Gasteiger partial charge is 0.308 e. The molecule has 0 amide bonds. The molecular weight excluding hydrogens is 731 g/mol. The molecule has 1 nitrogen and oxygen atoms in total. The summed E-state index contributed by atoms with van der Waals surface area (Å²) in [6.45, 7) is 9.84. The zero-order chi connectivity index (χ0) is 39.7. The highest BCUT2D eigenvalue weighted by molar-refractivity contribution is 7.26. The third kappa shape index (κ3) is 4.73. The lowest BCUT2D eigenvalue weighted by Crippen LogP contribution is -2.34. The molecule has 1 heterocycles. The number of para-hydroxylation sites is 1. The van der Waals surface area contributed by atoms with Crippen molar-refractivity contribution >= 4 is 48.6 Å². The number of rotatable bonds is 4. The predicted molar refractivity (Wildman–Crippen MR) is 251 cm³/mol. The molecule has 59 heavy (non-hydrogen) atoms. The molecule has 8 aromatic carbocycles. The van der Waals surface area contributed by atoms with Crippen molar-refractivity contribution in [3.05, 3.63) is 209 Å². The van der Waals surface area contributed by atoms with Gasteiger partial charge in [-0.15, -0.1) is 11.3 Å². The van der Waals surface area contributed by atoms with Gasteiger partial charge in [0.2, 0.25) is 0 Å². The van der Waals surface area contributed by atoms with Gasteiger partial charge in [0, 0.05) is 26.7 Å². The van der Waals surface area contributed by atoms with Gasteiger partial charge in [-0.3, -0.25) is 0 Å². The Morgan fingerprint density at radius 2 is 0.949 bits per heavy atom. The molecule has 0 atom stereocenters. The van der Waals surface area contributed by atoms with Crippen LogP contribution in [0.4, 0.5) is 17.1 Å². The Hall–Kier alpha value is -6.22. The van der Waals surface area contributed by atoms with Gasteiger partial charge < -0.3 is 4.90 Å². The Labute approximate surface area is 351 Å². The zero-order valence-corrected chi connectivity index (χ0v) is 34.8. The fourth-order valence-corrected chi connectivity index (χ4v) is 12.6. The Bertz CT molecular complexity index is 3130. The summed E-state index contributed by atoms with van der Waals surface area (Å²) in [5, 5.41) is 2.61. The molecular formula is C57H45NS. The van der Waals surface area contributed by atoms with E-state index in [0.717, 1.165) is 12.1 Å². The van der Waals surface area contributed by atoms with E-state index in [-0.39, 0.29) is 10.8 Å². The van der Waals surface area contributed by atoms with E-state index >= 15 is 0 Å². The van der Waals surface area contributed by atoms with Crippen molar-refractivity contribution < 1.29 is 0 Å². The number of anilines is 3. The fraction of sp³-hybridized carbons (Fsp3) is 0.158. The summed E-state index contributed by atoms with van der Waals surface area (Å²) in [6.07, 6.45) is 2.32. The summed E-state index contributed by atoms with van der Waals surface area (Å²) < 4.78 is 2.61. The third-order valence-electron chi connectivity index (χ3n) is 14.1. The third-order valence-corrected chi connectivity index (χ3v) is 15.3. The summed E-state index contributed by atoms with van der Waals surface area (Å²) in [5.74, 6) is 0. The summed E-state index contributed by atoms with van der Waals surface area (Å²) in [7, 11) is 0. The molecule has 3 aliphatic rings. The normalized spacial score (nSPS) is 16.1. The molecule has 3 aliphatic carbocycles. The molecule has 9 aromatic rings. The number of nitrogens with zero attached hydrogens (tertiary/aromatic N) is 1. The topological polar surface area (TPSA) is 3.24 Å². The van der Waals surface area contributed by atoms with Crippen molar-refractivity contribution in [2.24, 2.45) is 0 Å². The lowest BCUT2D eigenvalue weighted by molar-refractivity contribution is 0.333. The number of hydrogen-bond donors (Lipinski definition) is 0. The second-order valence-corrected chi connectivity index (χ2v) is 19.3. The molecule has 0 saturated heterocycles. The van der Waals surface area contributed by atoms with Crippen LogP contribution in [-0.2, 0) is 16.2 Å². The van der Waals surface area contributed by atoms with Crippen molar-refractivity contribution in [1.29, 1.82) is 0 Å². The smallest absolute Gasteiger partial charge is 0.0726 e. The van der Waals surface area contributed by atoms with Gasteiger partial charge in [0.05, 0.1) is 21.5 Å². The monoisotopic (exact) mass is 775 g/mol. The molecule has 1 spiro atoms. The van der Waals surface area contributed by atoms with Crippen LogP contribution in [0.1, 0.15) is 73.9 Å². The highest BCUT2D eigenvalue weighted by atomic mass is 32.1. The Kier molecular flexibility index (Phi) is 7.31. The van der Waals surface area contributed by atoms with Crippen LogP contribution in [0.5, 0.6) is 0 Å². The van der Waals surface area contributed by atoms with Crippen LogP contribution in [0.3, 0.4) is 0 Å². The molecule has 0 N–H and O–H groups in total. The second kappa shape index (κ2) is 12.4. The van der Waals surface area contributed by atoms with Gasteiger partial charge in [-0.2, -0.15) is 0 Å². The lowest BCUT2D eigenvalue weighted by atomic mass is 9.61. The van der Waals surface area contributed by atoms with E-state index < -0.39 is 5.41 Å². The number of benzene rings is 8. The molecule has 0 fully saturated rings. The first-order chi connectivity index (χ1) is 28.8. The van der Waals surface area contributed by atoms with E-state index in [2.05, 4.69) is 209 Å². The van der Waals surface area contributed by atoms with Gasteiger partial charge in [0.15, 0.2) is 0 Å². The average Bonchev–Trinajstić information content (AvgIpc) is 3.90. The standard InChI is InChI=1S/C57H45NS/c1-55(2)32-33-56(3,4)53-41(24-16-29-48(53)55)44-34-43-39-22-10-14-28-47(39)57(45-26-12-8-20-37(45)38-21-9-13-27-46(38)57)49(43)35-51(44)58(36-18-6-5-7-19-36)50-30-17-25-42-40-23-11-15-31-52(40)59-54(42)50/h5-31,34-35H,32-33H2,1-4H3. The highest BCUT2D eigenvalue weighted by Crippen LogP contribution is 2.65. The molecule has 0 bridgehead atoms. The van der Waals surface area contributed by atoms with Gasteiger partial charge in [-0.1, -0.05) is 167 Å². The Balaban J connectivity index is 1.26. The van der Waals surface area contributed by atoms with Crippen LogP contribution in [0.2, 0.25) is 0 Å². The summed E-state index contributed by atoms with van der Waals surface area (Å²) in [4.78, 5) is 2.59. The minimum Gasteiger partial charge on any atom is -0.308 e. The molecule has 0 aliphatic heterocycles. The van der Waals surface area contributed by atoms with Gasteiger partial charge in [0.1, 0.15) is 0 Å². The predicted octanol–water partition coefficient (Wildman–Crippen LogP) is 15.9. The maximum absolute atomic E-state index is 2.61. The maximum atomic E-state index is 2.61. The SMILES string of the molecule is CC1(C)CCC(C)(C)c2c(-c3cc4c(cc3N(c3ccccc3)c3cccc5c3sc3ccccc35)C3(c5ccccc5-c5ccccc53)c3ccccc3-4)cccc21. The van der Waals surface area contributed by atoms with Gasteiger partial charge in [-0.05, 0) is 121 Å². The molecule has 1 aromatic heterocycles. The summed E-state index contributed by atoms with van der Waals surface area (Å²) in [6, 6.07) is 66.9. The van der Waals surface area contributed by atoms with Gasteiger partial charge >= 0.3 is 0 Å². The first-order valence-corrected chi connectivity index (χ1v) is 22.0. The van der Waals surface area contributed by atoms with Crippen LogP contribution in [0.25, 0.3) is 53.6 Å². The van der Waals surface area contributed by atoms with Crippen molar-refractivity contribution in [3.63, 3.8) is 0 Å². The number of hydrogen-bond acceptors (Lipinski definition) is 2. The van der Waals surface area contributed by atoms with E-state index in [1.807, 2.05) is 11.3 Å². The number of thiophene rings is 1. The Morgan fingerprint density at radius 3 is 1.66 bits per heavy atom. The van der Waals surface area contributed by atoms with E-state index in [4.69, 9.17) is 0 Å². The second-order valence-electron chi connectivity index (χ2n) is 18.2. The molecule has 2 heteroatoms.